The summed E-state index contributed by atoms with van der Waals surface area (Å²) in [5, 5.41) is 23.4. The van der Waals surface area contributed by atoms with Crippen molar-refractivity contribution < 1.29 is 14.8 Å². The topological polar surface area (TPSA) is 92.5 Å². The van der Waals surface area contributed by atoms with Gasteiger partial charge < -0.3 is 10.4 Å². The third-order valence-corrected chi connectivity index (χ3v) is 3.34. The van der Waals surface area contributed by atoms with Gasteiger partial charge in [0.2, 0.25) is 0 Å². The van der Waals surface area contributed by atoms with Crippen LogP contribution in [0.3, 0.4) is 0 Å². The second kappa shape index (κ2) is 7.00. The molecule has 0 bridgehead atoms. The van der Waals surface area contributed by atoms with Crippen LogP contribution in [0.25, 0.3) is 0 Å². The predicted molar refractivity (Wildman–Crippen MR) is 75.8 cm³/mol. The Labute approximate surface area is 118 Å². The van der Waals surface area contributed by atoms with E-state index in [0.717, 1.165) is 6.42 Å². The minimum atomic E-state index is -1.27. The molecular weight excluding hydrogens is 260 g/mol. The molecule has 0 aliphatic carbocycles. The van der Waals surface area contributed by atoms with Crippen LogP contribution in [0, 0.1) is 16.0 Å². The fraction of sp³-hybridized carbons (Fsp3) is 0.500. The van der Waals surface area contributed by atoms with Crippen molar-refractivity contribution in [2.75, 3.05) is 0 Å². The zero-order valence-corrected chi connectivity index (χ0v) is 11.9. The van der Waals surface area contributed by atoms with E-state index in [9.17, 15) is 20.0 Å². The van der Waals surface area contributed by atoms with Crippen LogP contribution in [0.1, 0.15) is 43.1 Å². The molecule has 0 saturated heterocycles. The number of carbonyl (C=O) groups is 1. The van der Waals surface area contributed by atoms with E-state index in [4.69, 9.17) is 0 Å². The zero-order valence-electron chi connectivity index (χ0n) is 11.9. The van der Waals surface area contributed by atoms with Gasteiger partial charge in [-0.25, -0.2) is 4.79 Å². The van der Waals surface area contributed by atoms with Crippen molar-refractivity contribution in [1.29, 1.82) is 0 Å². The van der Waals surface area contributed by atoms with Gasteiger partial charge in [0, 0.05) is 18.7 Å². The van der Waals surface area contributed by atoms with Crippen LogP contribution in [0.4, 0.5) is 5.69 Å². The van der Waals surface area contributed by atoms with Crippen LogP contribution in [0.5, 0.6) is 0 Å². The number of nitrogens with one attached hydrogen (secondary N) is 1. The van der Waals surface area contributed by atoms with Gasteiger partial charge in [0.15, 0.2) is 0 Å². The molecule has 0 aromatic heterocycles. The highest BCUT2D eigenvalue weighted by atomic mass is 16.6. The van der Waals surface area contributed by atoms with Crippen molar-refractivity contribution in [2.24, 2.45) is 5.92 Å². The monoisotopic (exact) mass is 280 g/mol. The average Bonchev–Trinajstić information content (AvgIpc) is 2.38. The van der Waals surface area contributed by atoms with Crippen LogP contribution in [0.15, 0.2) is 18.2 Å². The van der Waals surface area contributed by atoms with Gasteiger partial charge in [0.25, 0.3) is 5.69 Å². The van der Waals surface area contributed by atoms with E-state index >= 15 is 0 Å². The Bertz CT molecular complexity index is 500. The highest BCUT2D eigenvalue weighted by molar-refractivity contribution is 5.94. The van der Waals surface area contributed by atoms with Crippen LogP contribution < -0.4 is 5.32 Å². The van der Waals surface area contributed by atoms with Gasteiger partial charge in [-0.3, -0.25) is 10.1 Å². The zero-order chi connectivity index (χ0) is 15.3. The number of hydrogen-bond donors (Lipinski definition) is 2. The molecule has 1 unspecified atom stereocenters. The van der Waals surface area contributed by atoms with Gasteiger partial charge in [0.05, 0.1) is 4.92 Å². The van der Waals surface area contributed by atoms with E-state index in [1.165, 1.54) is 12.1 Å². The molecule has 0 amide bonds. The summed E-state index contributed by atoms with van der Waals surface area (Å²) in [5.74, 6) is -0.862. The number of aromatic carboxylic acids is 1. The van der Waals surface area contributed by atoms with Gasteiger partial charge in [-0.15, -0.1) is 0 Å². The molecule has 0 aliphatic heterocycles. The third kappa shape index (κ3) is 3.77. The maximum Gasteiger partial charge on any atom is 0.343 e. The van der Waals surface area contributed by atoms with Crippen molar-refractivity contribution in [3.8, 4) is 0 Å². The number of nitro benzene ring substituents is 1. The Morgan fingerprint density at radius 2 is 2.10 bits per heavy atom. The summed E-state index contributed by atoms with van der Waals surface area (Å²) in [6, 6.07) is 4.58. The predicted octanol–water partition coefficient (Wildman–Crippen LogP) is 2.82. The van der Waals surface area contributed by atoms with Crippen LogP contribution >= 0.6 is 0 Å². The summed E-state index contributed by atoms with van der Waals surface area (Å²) in [6.07, 6.45) is 0.912. The van der Waals surface area contributed by atoms with E-state index in [0.29, 0.717) is 18.0 Å². The molecule has 6 heteroatoms. The number of carboxylic acids is 1. The van der Waals surface area contributed by atoms with E-state index in [1.54, 1.807) is 6.07 Å². The maximum absolute atomic E-state index is 11.3. The normalized spacial score (nSPS) is 12.4. The first-order chi connectivity index (χ1) is 9.38. The molecule has 1 aromatic carbocycles. The molecule has 0 heterocycles. The van der Waals surface area contributed by atoms with Gasteiger partial charge in [0.1, 0.15) is 5.56 Å². The number of hydrogen-bond acceptors (Lipinski definition) is 4. The Kier molecular flexibility index (Phi) is 5.64. The fourth-order valence-corrected chi connectivity index (χ4v) is 2.23. The molecule has 0 radical (unpaired) electrons. The molecule has 1 aromatic rings. The maximum atomic E-state index is 11.3. The molecule has 6 nitrogen and oxygen atoms in total. The number of nitro groups is 1. The summed E-state index contributed by atoms with van der Waals surface area (Å²) in [7, 11) is 0. The van der Waals surface area contributed by atoms with Crippen LogP contribution in [0.2, 0.25) is 0 Å². The largest absolute Gasteiger partial charge is 0.477 e. The highest BCUT2D eigenvalue weighted by Gasteiger charge is 2.23. The standard InChI is InChI=1S/C14H20N2O4/c1-4-11(9(2)3)15-8-10-6-5-7-12(16(19)20)13(10)14(17)18/h5-7,9,11,15H,4,8H2,1-3H3,(H,17,18). The van der Waals surface area contributed by atoms with Crippen molar-refractivity contribution in [2.45, 2.75) is 39.8 Å². The van der Waals surface area contributed by atoms with Gasteiger partial charge >= 0.3 is 5.97 Å². The lowest BCUT2D eigenvalue weighted by Crippen LogP contribution is -2.33. The Morgan fingerprint density at radius 1 is 1.45 bits per heavy atom. The summed E-state index contributed by atoms with van der Waals surface area (Å²) < 4.78 is 0. The van der Waals surface area contributed by atoms with Crippen molar-refractivity contribution in [1.82, 2.24) is 5.32 Å². The highest BCUT2D eigenvalue weighted by Crippen LogP contribution is 2.22. The average molecular weight is 280 g/mol. The smallest absolute Gasteiger partial charge is 0.343 e. The summed E-state index contributed by atoms with van der Waals surface area (Å²) in [5.41, 5.74) is -0.163. The van der Waals surface area contributed by atoms with Gasteiger partial charge in [-0.05, 0) is 17.9 Å². The number of benzene rings is 1. The number of rotatable bonds is 7. The molecular formula is C14H20N2O4. The summed E-state index contributed by atoms with van der Waals surface area (Å²) in [4.78, 5) is 21.5. The second-order valence-corrected chi connectivity index (χ2v) is 5.01. The first kappa shape index (κ1) is 16.1. The fourth-order valence-electron chi connectivity index (χ4n) is 2.23. The third-order valence-electron chi connectivity index (χ3n) is 3.34. The number of nitrogens with zero attached hydrogens (tertiary/aromatic N) is 1. The molecule has 1 rings (SSSR count). The van der Waals surface area contributed by atoms with Gasteiger partial charge in [-0.1, -0.05) is 32.9 Å². The van der Waals surface area contributed by atoms with E-state index in [2.05, 4.69) is 19.2 Å². The van der Waals surface area contributed by atoms with Crippen molar-refractivity contribution >= 4 is 11.7 Å². The molecule has 0 spiro atoms. The van der Waals surface area contributed by atoms with E-state index in [1.807, 2.05) is 6.92 Å². The molecule has 0 saturated carbocycles. The Balaban J connectivity index is 3.03. The molecule has 110 valence electrons. The molecule has 0 fully saturated rings. The van der Waals surface area contributed by atoms with Crippen molar-refractivity contribution in [3.05, 3.63) is 39.4 Å². The van der Waals surface area contributed by atoms with Gasteiger partial charge in [-0.2, -0.15) is 0 Å². The SMILES string of the molecule is CCC(NCc1cccc([N+](=O)[O-])c1C(=O)O)C(C)C. The minimum absolute atomic E-state index is 0.233. The second-order valence-electron chi connectivity index (χ2n) is 5.01. The van der Waals surface area contributed by atoms with Crippen LogP contribution in [-0.4, -0.2) is 22.0 Å². The van der Waals surface area contributed by atoms with Crippen LogP contribution in [-0.2, 0) is 6.54 Å². The van der Waals surface area contributed by atoms with E-state index in [-0.39, 0.29) is 17.3 Å². The van der Waals surface area contributed by atoms with Crippen molar-refractivity contribution in [3.63, 3.8) is 0 Å². The molecule has 20 heavy (non-hydrogen) atoms. The lowest BCUT2D eigenvalue weighted by Gasteiger charge is -2.21. The Hall–Kier alpha value is -1.95. The number of carboxylic acid groups (broad SMARTS) is 1. The first-order valence-electron chi connectivity index (χ1n) is 6.61. The molecule has 1 atom stereocenters. The summed E-state index contributed by atoms with van der Waals surface area (Å²) >= 11 is 0. The molecule has 2 N–H and O–H groups in total. The first-order valence-corrected chi connectivity index (χ1v) is 6.61. The lowest BCUT2D eigenvalue weighted by atomic mass is 10.00. The molecule has 0 aliphatic rings. The van der Waals surface area contributed by atoms with E-state index < -0.39 is 10.9 Å². The quantitative estimate of drug-likeness (QED) is 0.591. The lowest BCUT2D eigenvalue weighted by molar-refractivity contribution is -0.385. The minimum Gasteiger partial charge on any atom is -0.477 e. The Morgan fingerprint density at radius 3 is 2.55 bits per heavy atom. The summed E-state index contributed by atoms with van der Waals surface area (Å²) in [6.45, 7) is 6.50.